The second-order valence-electron chi connectivity index (χ2n) is 6.27. The molecule has 2 unspecified atom stereocenters. The molecule has 1 aliphatic carbocycles. The van der Waals surface area contributed by atoms with Crippen molar-refractivity contribution >= 4 is 39.0 Å². The predicted molar refractivity (Wildman–Crippen MR) is 98.6 cm³/mol. The van der Waals surface area contributed by atoms with E-state index in [4.69, 9.17) is 9.15 Å². The van der Waals surface area contributed by atoms with Crippen molar-refractivity contribution in [1.29, 1.82) is 0 Å². The van der Waals surface area contributed by atoms with Crippen molar-refractivity contribution < 1.29 is 13.9 Å². The van der Waals surface area contributed by atoms with E-state index >= 15 is 0 Å². The van der Waals surface area contributed by atoms with Crippen molar-refractivity contribution in [2.45, 2.75) is 12.8 Å². The highest BCUT2D eigenvalue weighted by Gasteiger charge is 2.43. The largest absolute Gasteiger partial charge is 0.497 e. The molecule has 5 nitrogen and oxygen atoms in total. The number of ether oxygens (including phenoxy) is 1. The van der Waals surface area contributed by atoms with Crippen LogP contribution in [0, 0.1) is 11.8 Å². The van der Waals surface area contributed by atoms with Gasteiger partial charge in [0.2, 0.25) is 5.91 Å². The zero-order valence-corrected chi connectivity index (χ0v) is 15.2. The number of hydrogen-bond acceptors (Lipinski definition) is 4. The van der Waals surface area contributed by atoms with Crippen LogP contribution >= 0.6 is 15.9 Å². The summed E-state index contributed by atoms with van der Waals surface area (Å²) in [4.78, 5) is 16.7. The third-order valence-corrected chi connectivity index (χ3v) is 4.99. The highest BCUT2D eigenvalue weighted by atomic mass is 79.9. The number of fused-ring (bicyclic) bond motifs is 1. The van der Waals surface area contributed by atoms with E-state index in [2.05, 4.69) is 26.2 Å². The highest BCUT2D eigenvalue weighted by Crippen LogP contribution is 2.42. The van der Waals surface area contributed by atoms with E-state index in [1.807, 2.05) is 42.5 Å². The van der Waals surface area contributed by atoms with Crippen LogP contribution in [0.3, 0.4) is 0 Å². The quantitative estimate of drug-likeness (QED) is 0.688. The van der Waals surface area contributed by atoms with Crippen LogP contribution in [-0.2, 0) is 11.2 Å². The molecular formula is C19H17BrN2O3. The molecule has 0 saturated heterocycles. The van der Waals surface area contributed by atoms with Gasteiger partial charge in [-0.05, 0) is 54.7 Å². The second-order valence-corrected chi connectivity index (χ2v) is 7.19. The molecule has 0 radical (unpaired) electrons. The normalized spacial score (nSPS) is 19.0. The fourth-order valence-electron chi connectivity index (χ4n) is 3.01. The minimum absolute atomic E-state index is 0.0175. The first-order chi connectivity index (χ1) is 12.1. The first kappa shape index (κ1) is 16.1. The third kappa shape index (κ3) is 3.54. The molecule has 3 aromatic rings. The molecule has 4 rings (SSSR count). The topological polar surface area (TPSA) is 64.4 Å². The monoisotopic (exact) mass is 400 g/mol. The van der Waals surface area contributed by atoms with Crippen molar-refractivity contribution in [1.82, 2.24) is 4.98 Å². The summed E-state index contributed by atoms with van der Waals surface area (Å²) in [7, 11) is 1.65. The van der Waals surface area contributed by atoms with Crippen molar-refractivity contribution in [2.24, 2.45) is 11.8 Å². The van der Waals surface area contributed by atoms with Gasteiger partial charge in [0.25, 0.3) is 0 Å². The summed E-state index contributed by atoms with van der Waals surface area (Å²) in [5, 5.41) is 2.79. The average molecular weight is 401 g/mol. The maximum atomic E-state index is 12.4. The van der Waals surface area contributed by atoms with E-state index in [1.54, 1.807) is 7.11 Å². The van der Waals surface area contributed by atoms with Gasteiger partial charge in [0, 0.05) is 10.4 Å². The van der Waals surface area contributed by atoms with Gasteiger partial charge in [0.1, 0.15) is 11.3 Å². The molecule has 1 saturated carbocycles. The standard InChI is InChI=1S/C19H17BrN2O3/c1-24-14-5-2-11(3-6-14)8-12-9-15(12)18(23)22-19-21-16-10-13(20)4-7-17(16)25-19/h2-7,10,12,15H,8-9H2,1H3,(H,21,22,23). The number of nitrogens with one attached hydrogen (secondary N) is 1. The van der Waals surface area contributed by atoms with Crippen LogP contribution < -0.4 is 10.1 Å². The van der Waals surface area contributed by atoms with Gasteiger partial charge >= 0.3 is 6.01 Å². The first-order valence-electron chi connectivity index (χ1n) is 8.12. The molecule has 0 spiro atoms. The maximum Gasteiger partial charge on any atom is 0.302 e. The second kappa shape index (κ2) is 6.52. The van der Waals surface area contributed by atoms with E-state index in [9.17, 15) is 4.79 Å². The van der Waals surface area contributed by atoms with Crippen LogP contribution in [0.15, 0.2) is 51.4 Å². The van der Waals surface area contributed by atoms with Gasteiger partial charge in [0.05, 0.1) is 7.11 Å². The number of hydrogen-bond donors (Lipinski definition) is 1. The zero-order chi connectivity index (χ0) is 17.4. The molecule has 1 amide bonds. The Morgan fingerprint density at radius 3 is 2.88 bits per heavy atom. The van der Waals surface area contributed by atoms with Gasteiger partial charge in [-0.25, -0.2) is 0 Å². The Morgan fingerprint density at radius 2 is 2.12 bits per heavy atom. The lowest BCUT2D eigenvalue weighted by Gasteiger charge is -2.03. The van der Waals surface area contributed by atoms with Crippen molar-refractivity contribution in [3.8, 4) is 5.75 Å². The Hall–Kier alpha value is -2.34. The maximum absolute atomic E-state index is 12.4. The molecule has 1 heterocycles. The number of nitrogens with zero attached hydrogens (tertiary/aromatic N) is 1. The number of aromatic nitrogens is 1. The van der Waals surface area contributed by atoms with Crippen molar-refractivity contribution in [2.75, 3.05) is 12.4 Å². The molecule has 25 heavy (non-hydrogen) atoms. The van der Waals surface area contributed by atoms with Gasteiger partial charge in [-0.1, -0.05) is 28.1 Å². The summed E-state index contributed by atoms with van der Waals surface area (Å²) >= 11 is 3.40. The first-order valence-corrected chi connectivity index (χ1v) is 8.91. The molecule has 0 aliphatic heterocycles. The van der Waals surface area contributed by atoms with Crippen LogP contribution in [0.2, 0.25) is 0 Å². The molecule has 1 aromatic heterocycles. The molecule has 2 aromatic carbocycles. The van der Waals surface area contributed by atoms with Crippen molar-refractivity contribution in [3.05, 3.63) is 52.5 Å². The highest BCUT2D eigenvalue weighted by molar-refractivity contribution is 9.10. The number of rotatable bonds is 5. The minimum atomic E-state index is -0.0240. The number of methoxy groups -OCH3 is 1. The number of anilines is 1. The van der Waals surface area contributed by atoms with E-state index < -0.39 is 0 Å². The van der Waals surface area contributed by atoms with Gasteiger partial charge in [0.15, 0.2) is 5.58 Å². The van der Waals surface area contributed by atoms with Crippen LogP contribution in [0.25, 0.3) is 11.1 Å². The Bertz CT molecular complexity index is 920. The summed E-state index contributed by atoms with van der Waals surface area (Å²) in [5.41, 5.74) is 2.59. The average Bonchev–Trinajstić information content (AvgIpc) is 3.26. The molecule has 1 N–H and O–H groups in total. The van der Waals surface area contributed by atoms with E-state index in [0.29, 0.717) is 11.5 Å². The Kier molecular flexibility index (Phi) is 4.21. The number of benzene rings is 2. The lowest BCUT2D eigenvalue weighted by molar-refractivity contribution is -0.117. The summed E-state index contributed by atoms with van der Waals surface area (Å²) in [6, 6.07) is 13.8. The molecule has 1 aliphatic rings. The fourth-order valence-corrected chi connectivity index (χ4v) is 3.36. The number of oxazole rings is 1. The number of halogens is 1. The van der Waals surface area contributed by atoms with Crippen molar-refractivity contribution in [3.63, 3.8) is 0 Å². The lowest BCUT2D eigenvalue weighted by Crippen LogP contribution is -2.15. The smallest absolute Gasteiger partial charge is 0.302 e. The van der Waals surface area contributed by atoms with Crippen LogP contribution in [0.1, 0.15) is 12.0 Å². The molecule has 2 atom stereocenters. The van der Waals surface area contributed by atoms with E-state index in [1.165, 1.54) is 5.56 Å². The van der Waals surface area contributed by atoms with Crippen LogP contribution in [0.4, 0.5) is 6.01 Å². The number of carbonyl (C=O) groups is 1. The third-order valence-electron chi connectivity index (χ3n) is 4.50. The summed E-state index contributed by atoms with van der Waals surface area (Å²) in [5.74, 6) is 1.20. The Balaban J connectivity index is 1.36. The molecular weight excluding hydrogens is 384 g/mol. The van der Waals surface area contributed by atoms with Crippen LogP contribution in [-0.4, -0.2) is 18.0 Å². The Labute approximate surface area is 153 Å². The van der Waals surface area contributed by atoms with Gasteiger partial charge in [-0.15, -0.1) is 0 Å². The van der Waals surface area contributed by atoms with Gasteiger partial charge in [-0.2, -0.15) is 4.98 Å². The summed E-state index contributed by atoms with van der Waals surface area (Å²) < 4.78 is 11.7. The van der Waals surface area contributed by atoms with E-state index in [0.717, 1.165) is 28.6 Å². The van der Waals surface area contributed by atoms with E-state index in [-0.39, 0.29) is 17.8 Å². The summed E-state index contributed by atoms with van der Waals surface area (Å²) in [6.45, 7) is 0. The van der Waals surface area contributed by atoms with Gasteiger partial charge in [-0.3, -0.25) is 10.1 Å². The SMILES string of the molecule is COc1ccc(CC2CC2C(=O)Nc2nc3cc(Br)ccc3o2)cc1. The lowest BCUT2D eigenvalue weighted by atomic mass is 10.1. The van der Waals surface area contributed by atoms with Crippen LogP contribution in [0.5, 0.6) is 5.75 Å². The predicted octanol–water partition coefficient (Wildman–Crippen LogP) is 4.42. The minimum Gasteiger partial charge on any atom is -0.497 e. The molecule has 128 valence electrons. The fraction of sp³-hybridized carbons (Fsp3) is 0.263. The molecule has 0 bridgehead atoms. The number of carbonyl (C=O) groups excluding carboxylic acids is 1. The molecule has 1 fully saturated rings. The number of amides is 1. The molecule has 6 heteroatoms. The zero-order valence-electron chi connectivity index (χ0n) is 13.7. The Morgan fingerprint density at radius 1 is 1.32 bits per heavy atom. The van der Waals surface area contributed by atoms with Gasteiger partial charge < -0.3 is 9.15 Å². The summed E-state index contributed by atoms with van der Waals surface area (Å²) in [6.07, 6.45) is 1.78.